The van der Waals surface area contributed by atoms with Gasteiger partial charge in [-0.15, -0.1) is 0 Å². The number of halogens is 2. The fourth-order valence-electron chi connectivity index (χ4n) is 4.10. The van der Waals surface area contributed by atoms with E-state index in [-0.39, 0.29) is 31.4 Å². The summed E-state index contributed by atoms with van der Waals surface area (Å²) in [6, 6.07) is 11.4. The molecule has 4 rings (SSSR count). The molecule has 0 spiro atoms. The highest BCUT2D eigenvalue weighted by Gasteiger charge is 2.23. The Morgan fingerprint density at radius 3 is 2.52 bits per heavy atom. The molecule has 2 amide bonds. The van der Waals surface area contributed by atoms with E-state index < -0.39 is 18.1 Å². The molecule has 0 bridgehead atoms. The number of rotatable bonds is 10. The number of amides is 2. The van der Waals surface area contributed by atoms with E-state index in [4.69, 9.17) is 27.9 Å². The first-order valence-electron chi connectivity index (χ1n) is 12.5. The van der Waals surface area contributed by atoms with Crippen LogP contribution in [0.3, 0.4) is 0 Å². The second-order valence-corrected chi connectivity index (χ2v) is 9.88. The number of methoxy groups -OCH3 is 1. The van der Waals surface area contributed by atoms with Crippen LogP contribution in [0.2, 0.25) is 10.0 Å². The highest BCUT2D eigenvalue weighted by Crippen LogP contribution is 2.27. The Balaban J connectivity index is 1.66. The Hall–Kier alpha value is -3.87. The number of urea groups is 1. The zero-order valence-corrected chi connectivity index (χ0v) is 23.2. The Kier molecular flexibility index (Phi) is 9.80. The van der Waals surface area contributed by atoms with Crippen molar-refractivity contribution in [3.05, 3.63) is 58.1 Å². The Bertz CT molecular complexity index is 1350. The molecular formula is C26H29Cl2N7O5. The van der Waals surface area contributed by atoms with Crippen molar-refractivity contribution in [2.75, 3.05) is 47.2 Å². The molecule has 0 atom stereocenters. The van der Waals surface area contributed by atoms with E-state index in [0.29, 0.717) is 53.4 Å². The number of anilines is 4. The van der Waals surface area contributed by atoms with Crippen LogP contribution in [0.1, 0.15) is 24.8 Å². The van der Waals surface area contributed by atoms with Crippen molar-refractivity contribution in [2.45, 2.75) is 31.9 Å². The van der Waals surface area contributed by atoms with E-state index in [0.717, 1.165) is 5.56 Å². The molecular weight excluding hydrogens is 561 g/mol. The molecule has 0 aliphatic carbocycles. The van der Waals surface area contributed by atoms with Crippen LogP contribution in [0.5, 0.6) is 5.75 Å². The molecule has 212 valence electrons. The molecule has 1 aliphatic heterocycles. The van der Waals surface area contributed by atoms with Crippen LogP contribution in [0.15, 0.2) is 42.5 Å². The first-order chi connectivity index (χ1) is 19.2. The van der Waals surface area contributed by atoms with Gasteiger partial charge in [-0.1, -0.05) is 41.4 Å². The number of nitrogens with one attached hydrogen (secondary N) is 2. The molecule has 1 fully saturated rings. The summed E-state index contributed by atoms with van der Waals surface area (Å²) in [6.45, 7) is 1.29. The van der Waals surface area contributed by atoms with E-state index in [2.05, 4.69) is 25.6 Å². The lowest BCUT2D eigenvalue weighted by molar-refractivity contribution is -0.136. The first-order valence-corrected chi connectivity index (χ1v) is 13.3. The fraction of sp³-hybridized carbons (Fsp3) is 0.346. The predicted molar refractivity (Wildman–Crippen MR) is 153 cm³/mol. The average molecular weight is 590 g/mol. The second-order valence-electron chi connectivity index (χ2n) is 9.07. The van der Waals surface area contributed by atoms with Gasteiger partial charge in [0.1, 0.15) is 5.75 Å². The number of aliphatic hydroxyl groups is 1. The quantitative estimate of drug-likeness (QED) is 0.269. The third kappa shape index (κ3) is 7.84. The zero-order valence-electron chi connectivity index (χ0n) is 21.7. The van der Waals surface area contributed by atoms with Gasteiger partial charge < -0.3 is 30.1 Å². The number of aliphatic hydroxyl groups excluding tert-OH is 1. The highest BCUT2D eigenvalue weighted by molar-refractivity contribution is 6.42. The number of carboxylic acids is 1. The number of hydrogen-bond acceptors (Lipinski definition) is 9. The van der Waals surface area contributed by atoms with Crippen molar-refractivity contribution >= 4 is 58.7 Å². The number of aromatic nitrogens is 3. The maximum atomic E-state index is 12.9. The number of hydrogen-bond donors (Lipinski definition) is 4. The fourth-order valence-corrected chi connectivity index (χ4v) is 4.42. The van der Waals surface area contributed by atoms with Gasteiger partial charge in [0, 0.05) is 26.2 Å². The van der Waals surface area contributed by atoms with Crippen molar-refractivity contribution in [1.29, 1.82) is 0 Å². The summed E-state index contributed by atoms with van der Waals surface area (Å²) >= 11 is 12.3. The number of carbonyl (C=O) groups excluding carboxylic acids is 1. The molecule has 2 heterocycles. The van der Waals surface area contributed by atoms with Crippen molar-refractivity contribution < 1.29 is 24.5 Å². The Labute approximate surface area is 240 Å². The van der Waals surface area contributed by atoms with Gasteiger partial charge in [0.05, 0.1) is 35.4 Å². The molecule has 3 aromatic rings. The number of carboxylic acid groups (broad SMARTS) is 1. The normalized spacial score (nSPS) is 13.6. The monoisotopic (exact) mass is 589 g/mol. The van der Waals surface area contributed by atoms with E-state index in [1.165, 1.54) is 7.11 Å². The van der Waals surface area contributed by atoms with Crippen LogP contribution in [0, 0.1) is 0 Å². The van der Waals surface area contributed by atoms with E-state index in [1.807, 2.05) is 4.90 Å². The molecule has 1 aliphatic rings. The van der Waals surface area contributed by atoms with E-state index in [9.17, 15) is 19.8 Å². The minimum atomic E-state index is -0.993. The summed E-state index contributed by atoms with van der Waals surface area (Å²) in [5.41, 5.74) is 1.20. The lowest BCUT2D eigenvalue weighted by Crippen LogP contribution is -2.38. The van der Waals surface area contributed by atoms with Crippen molar-refractivity contribution in [3.63, 3.8) is 0 Å². The number of nitrogens with zero attached hydrogens (tertiary/aromatic N) is 5. The molecule has 0 saturated carbocycles. The third-order valence-corrected chi connectivity index (χ3v) is 6.91. The molecule has 0 unspecified atom stereocenters. The summed E-state index contributed by atoms with van der Waals surface area (Å²) in [4.78, 5) is 41.4. The van der Waals surface area contributed by atoms with Gasteiger partial charge in [0.2, 0.25) is 17.8 Å². The second kappa shape index (κ2) is 13.5. The molecule has 2 aromatic carbocycles. The van der Waals surface area contributed by atoms with Gasteiger partial charge in [-0.25, -0.2) is 4.79 Å². The molecule has 12 nitrogen and oxygen atoms in total. The molecule has 0 radical (unpaired) electrons. The summed E-state index contributed by atoms with van der Waals surface area (Å²) < 4.78 is 5.29. The Morgan fingerprint density at radius 1 is 1.07 bits per heavy atom. The summed E-state index contributed by atoms with van der Waals surface area (Å²) in [5, 5.41) is 25.4. The topological polar surface area (TPSA) is 153 Å². The molecule has 1 saturated heterocycles. The van der Waals surface area contributed by atoms with Gasteiger partial charge in [0.15, 0.2) is 0 Å². The van der Waals surface area contributed by atoms with Gasteiger partial charge in [0.25, 0.3) is 0 Å². The van der Waals surface area contributed by atoms with Gasteiger partial charge in [-0.05, 0) is 42.7 Å². The number of carbonyl (C=O) groups is 2. The van der Waals surface area contributed by atoms with Crippen LogP contribution in [0.4, 0.5) is 28.3 Å². The zero-order chi connectivity index (χ0) is 28.6. The predicted octanol–water partition coefficient (Wildman–Crippen LogP) is 4.27. The van der Waals surface area contributed by atoms with Crippen molar-refractivity contribution in [1.82, 2.24) is 15.0 Å². The molecule has 14 heteroatoms. The van der Waals surface area contributed by atoms with Crippen molar-refractivity contribution in [2.24, 2.45) is 0 Å². The van der Waals surface area contributed by atoms with E-state index in [1.54, 1.807) is 47.4 Å². The number of piperidine rings is 1. The van der Waals surface area contributed by atoms with Gasteiger partial charge >= 0.3 is 12.0 Å². The minimum absolute atomic E-state index is 0.0343. The lowest BCUT2D eigenvalue weighted by atomic mass is 10.1. The average Bonchev–Trinajstić information content (AvgIpc) is 2.93. The first kappa shape index (κ1) is 29.1. The Morgan fingerprint density at radius 2 is 1.82 bits per heavy atom. The largest absolute Gasteiger partial charge is 0.495 e. The number of aliphatic carboxylic acids is 1. The van der Waals surface area contributed by atoms with Crippen molar-refractivity contribution in [3.8, 4) is 5.75 Å². The van der Waals surface area contributed by atoms with Crippen LogP contribution in [-0.4, -0.2) is 70.0 Å². The van der Waals surface area contributed by atoms with E-state index >= 15 is 0 Å². The van der Waals surface area contributed by atoms with Gasteiger partial charge in [-0.3, -0.25) is 10.1 Å². The minimum Gasteiger partial charge on any atom is -0.495 e. The molecule has 4 N–H and O–H groups in total. The third-order valence-electron chi connectivity index (χ3n) is 6.18. The van der Waals surface area contributed by atoms with Crippen LogP contribution >= 0.6 is 23.2 Å². The number of benzene rings is 2. The van der Waals surface area contributed by atoms with Gasteiger partial charge in [-0.2, -0.15) is 15.0 Å². The maximum absolute atomic E-state index is 12.9. The standard InChI is InChI=1S/C26H29Cl2N7O5/c1-40-21-5-3-2-4-20(21)29-26(39)32-23-30-24(34-11-8-17(36)9-12-34)33-25(31-23)35(13-10-22(37)38)15-16-6-7-18(27)19(28)14-16/h2-7,14,17,36H,8-13,15H2,1H3,(H,37,38)(H2,29,30,31,32,33,39). The molecule has 40 heavy (non-hydrogen) atoms. The maximum Gasteiger partial charge on any atom is 0.326 e. The summed E-state index contributed by atoms with van der Waals surface area (Å²) in [5.74, 6) is -0.0982. The van der Waals surface area contributed by atoms with Crippen LogP contribution in [0.25, 0.3) is 0 Å². The summed E-state index contributed by atoms with van der Waals surface area (Å²) in [7, 11) is 1.50. The smallest absolute Gasteiger partial charge is 0.326 e. The number of para-hydroxylation sites is 2. The summed E-state index contributed by atoms with van der Waals surface area (Å²) in [6.07, 6.45) is 0.465. The number of ether oxygens (including phenoxy) is 1. The van der Waals surface area contributed by atoms with Crippen LogP contribution < -0.4 is 25.2 Å². The highest BCUT2D eigenvalue weighted by atomic mass is 35.5. The van der Waals surface area contributed by atoms with Crippen LogP contribution in [-0.2, 0) is 11.3 Å². The molecule has 1 aromatic heterocycles. The lowest BCUT2D eigenvalue weighted by Gasteiger charge is -2.30. The SMILES string of the molecule is COc1ccccc1NC(=O)Nc1nc(N2CCC(O)CC2)nc(N(CCC(=O)O)Cc2ccc(Cl)c(Cl)c2)n1.